The molecule has 0 spiro atoms. The molecule has 3 rings (SSSR count). The maximum absolute atomic E-state index is 11.9. The first-order valence-corrected chi connectivity index (χ1v) is 7.83. The van der Waals surface area contributed by atoms with Crippen LogP contribution < -0.4 is 5.32 Å². The zero-order chi connectivity index (χ0) is 14.1. The standard InChI is InChI=1S/C17H24N2O/c1-3-5-13-6-4-7-14(12(13)2)17-15-8-9-16(20)19(15)11-10-18-17/h4,6-7,15,17-18H,3,5,8-11H2,1-2H3/t15-,17-/m0/s1. The van der Waals surface area contributed by atoms with E-state index in [4.69, 9.17) is 0 Å². The van der Waals surface area contributed by atoms with E-state index >= 15 is 0 Å². The van der Waals surface area contributed by atoms with Crippen LogP contribution in [-0.4, -0.2) is 29.9 Å². The second kappa shape index (κ2) is 5.57. The molecule has 3 heteroatoms. The van der Waals surface area contributed by atoms with Gasteiger partial charge in [0, 0.05) is 19.5 Å². The molecule has 2 aliphatic rings. The monoisotopic (exact) mass is 272 g/mol. The van der Waals surface area contributed by atoms with E-state index in [-0.39, 0.29) is 0 Å². The summed E-state index contributed by atoms with van der Waals surface area (Å²) in [4.78, 5) is 14.0. The van der Waals surface area contributed by atoms with Gasteiger partial charge < -0.3 is 10.2 Å². The molecule has 2 saturated heterocycles. The predicted molar refractivity (Wildman–Crippen MR) is 80.7 cm³/mol. The Kier molecular flexibility index (Phi) is 3.79. The first-order chi connectivity index (χ1) is 9.72. The Morgan fingerprint density at radius 1 is 1.40 bits per heavy atom. The highest BCUT2D eigenvalue weighted by molar-refractivity contribution is 5.79. The van der Waals surface area contributed by atoms with Gasteiger partial charge >= 0.3 is 0 Å². The fraction of sp³-hybridized carbons (Fsp3) is 0.588. The van der Waals surface area contributed by atoms with E-state index in [0.29, 0.717) is 18.0 Å². The minimum atomic E-state index is 0.312. The lowest BCUT2D eigenvalue weighted by Gasteiger charge is -2.38. The molecule has 20 heavy (non-hydrogen) atoms. The van der Waals surface area contributed by atoms with E-state index in [1.165, 1.54) is 23.1 Å². The Labute approximate surface area is 121 Å². The summed E-state index contributed by atoms with van der Waals surface area (Å²) in [6.45, 7) is 6.23. The summed E-state index contributed by atoms with van der Waals surface area (Å²) in [6, 6.07) is 7.31. The maximum Gasteiger partial charge on any atom is 0.223 e. The van der Waals surface area contributed by atoms with E-state index in [0.717, 1.165) is 32.4 Å². The predicted octanol–water partition coefficient (Wildman–Crippen LogP) is 2.58. The first-order valence-electron chi connectivity index (χ1n) is 7.83. The topological polar surface area (TPSA) is 32.3 Å². The Hall–Kier alpha value is -1.35. The van der Waals surface area contributed by atoms with Gasteiger partial charge in [0.25, 0.3) is 0 Å². The Morgan fingerprint density at radius 3 is 3.05 bits per heavy atom. The van der Waals surface area contributed by atoms with Crippen molar-refractivity contribution in [3.8, 4) is 0 Å². The molecule has 0 radical (unpaired) electrons. The van der Waals surface area contributed by atoms with Crippen molar-refractivity contribution in [1.29, 1.82) is 0 Å². The molecular weight excluding hydrogens is 248 g/mol. The van der Waals surface area contributed by atoms with Gasteiger partial charge in [0.2, 0.25) is 5.91 Å². The van der Waals surface area contributed by atoms with Crippen LogP contribution >= 0.6 is 0 Å². The number of amides is 1. The molecule has 0 aliphatic carbocycles. The smallest absolute Gasteiger partial charge is 0.223 e. The summed E-state index contributed by atoms with van der Waals surface area (Å²) >= 11 is 0. The average Bonchev–Trinajstić information content (AvgIpc) is 2.84. The summed E-state index contributed by atoms with van der Waals surface area (Å²) < 4.78 is 0. The van der Waals surface area contributed by atoms with Crippen LogP contribution in [0.2, 0.25) is 0 Å². The van der Waals surface area contributed by atoms with Crippen LogP contribution in [0.25, 0.3) is 0 Å². The number of nitrogens with one attached hydrogen (secondary N) is 1. The van der Waals surface area contributed by atoms with Crippen LogP contribution in [0.4, 0.5) is 0 Å². The van der Waals surface area contributed by atoms with Crippen LogP contribution in [0, 0.1) is 6.92 Å². The van der Waals surface area contributed by atoms with Gasteiger partial charge in [-0.15, -0.1) is 0 Å². The van der Waals surface area contributed by atoms with Gasteiger partial charge in [-0.1, -0.05) is 31.5 Å². The maximum atomic E-state index is 11.9. The van der Waals surface area contributed by atoms with Crippen molar-refractivity contribution in [2.75, 3.05) is 13.1 Å². The third kappa shape index (κ3) is 2.24. The molecule has 1 amide bonds. The highest BCUT2D eigenvalue weighted by Crippen LogP contribution is 2.34. The third-order valence-electron chi connectivity index (χ3n) is 4.82. The number of benzene rings is 1. The Morgan fingerprint density at radius 2 is 2.25 bits per heavy atom. The minimum absolute atomic E-state index is 0.312. The van der Waals surface area contributed by atoms with E-state index in [9.17, 15) is 4.79 Å². The van der Waals surface area contributed by atoms with E-state index in [2.05, 4.69) is 42.3 Å². The van der Waals surface area contributed by atoms with Gasteiger partial charge in [-0.05, 0) is 36.5 Å². The molecule has 0 aromatic heterocycles. The molecule has 0 bridgehead atoms. The summed E-state index contributed by atoms with van der Waals surface area (Å²) in [6.07, 6.45) is 4.03. The molecule has 1 aromatic rings. The van der Waals surface area contributed by atoms with Crippen molar-refractivity contribution in [3.05, 3.63) is 34.9 Å². The van der Waals surface area contributed by atoms with Crippen LogP contribution in [0.3, 0.4) is 0 Å². The zero-order valence-electron chi connectivity index (χ0n) is 12.5. The minimum Gasteiger partial charge on any atom is -0.337 e. The van der Waals surface area contributed by atoms with Crippen molar-refractivity contribution in [2.24, 2.45) is 0 Å². The van der Waals surface area contributed by atoms with Gasteiger partial charge in [-0.2, -0.15) is 0 Å². The average molecular weight is 272 g/mol. The van der Waals surface area contributed by atoms with Crippen molar-refractivity contribution < 1.29 is 4.79 Å². The van der Waals surface area contributed by atoms with Gasteiger partial charge in [-0.25, -0.2) is 0 Å². The van der Waals surface area contributed by atoms with Gasteiger partial charge in [0.05, 0.1) is 12.1 Å². The van der Waals surface area contributed by atoms with E-state index in [1.54, 1.807) is 0 Å². The molecule has 2 atom stereocenters. The second-order valence-electron chi connectivity index (χ2n) is 6.01. The lowest BCUT2D eigenvalue weighted by Crippen LogP contribution is -2.51. The van der Waals surface area contributed by atoms with Crippen molar-refractivity contribution >= 4 is 5.91 Å². The number of hydrogen-bond acceptors (Lipinski definition) is 2. The SMILES string of the molecule is CCCc1cccc([C@@H]2NCCN3C(=O)CC[C@@H]23)c1C. The van der Waals surface area contributed by atoms with Gasteiger partial charge in [-0.3, -0.25) is 4.79 Å². The molecule has 2 heterocycles. The molecular formula is C17H24N2O. The summed E-state index contributed by atoms with van der Waals surface area (Å²) in [5.74, 6) is 0.337. The van der Waals surface area contributed by atoms with Crippen molar-refractivity contribution in [3.63, 3.8) is 0 Å². The summed E-state index contributed by atoms with van der Waals surface area (Å²) in [5, 5.41) is 3.64. The molecule has 108 valence electrons. The molecule has 2 aliphatic heterocycles. The fourth-order valence-electron chi connectivity index (χ4n) is 3.77. The lowest BCUT2D eigenvalue weighted by molar-refractivity contribution is -0.130. The molecule has 1 N–H and O–H groups in total. The number of aryl methyl sites for hydroxylation is 1. The third-order valence-corrected chi connectivity index (χ3v) is 4.82. The Bertz CT molecular complexity index is 512. The van der Waals surface area contributed by atoms with Crippen LogP contribution in [0.15, 0.2) is 18.2 Å². The summed E-state index contributed by atoms with van der Waals surface area (Å²) in [7, 11) is 0. The number of hydrogen-bond donors (Lipinski definition) is 1. The van der Waals surface area contributed by atoms with Crippen LogP contribution in [0.1, 0.15) is 48.9 Å². The van der Waals surface area contributed by atoms with Crippen molar-refractivity contribution in [2.45, 2.75) is 51.6 Å². The highest BCUT2D eigenvalue weighted by Gasteiger charge is 2.39. The van der Waals surface area contributed by atoms with E-state index < -0.39 is 0 Å². The lowest BCUT2D eigenvalue weighted by atomic mass is 9.89. The molecule has 0 saturated carbocycles. The first kappa shape index (κ1) is 13.6. The normalized spacial score (nSPS) is 25.9. The van der Waals surface area contributed by atoms with Crippen LogP contribution in [-0.2, 0) is 11.2 Å². The summed E-state index contributed by atoms with van der Waals surface area (Å²) in [5.41, 5.74) is 4.25. The van der Waals surface area contributed by atoms with Crippen LogP contribution in [0.5, 0.6) is 0 Å². The fourth-order valence-corrected chi connectivity index (χ4v) is 3.77. The number of fused-ring (bicyclic) bond motifs is 1. The number of piperazine rings is 1. The molecule has 3 nitrogen and oxygen atoms in total. The quantitative estimate of drug-likeness (QED) is 0.917. The second-order valence-corrected chi connectivity index (χ2v) is 6.01. The van der Waals surface area contributed by atoms with Gasteiger partial charge in [0.1, 0.15) is 0 Å². The number of nitrogens with zero attached hydrogens (tertiary/aromatic N) is 1. The largest absolute Gasteiger partial charge is 0.337 e. The Balaban J connectivity index is 1.92. The molecule has 0 unspecified atom stereocenters. The highest BCUT2D eigenvalue weighted by atomic mass is 16.2. The number of carbonyl (C=O) groups is 1. The molecule has 1 aromatic carbocycles. The zero-order valence-corrected chi connectivity index (χ0v) is 12.5. The number of rotatable bonds is 3. The molecule has 2 fully saturated rings. The van der Waals surface area contributed by atoms with Gasteiger partial charge in [0.15, 0.2) is 0 Å². The number of carbonyl (C=O) groups excluding carboxylic acids is 1. The van der Waals surface area contributed by atoms with E-state index in [1.807, 2.05) is 0 Å². The van der Waals surface area contributed by atoms with Crippen molar-refractivity contribution in [1.82, 2.24) is 10.2 Å².